The number of aromatic nitrogens is 1. The van der Waals surface area contributed by atoms with Gasteiger partial charge in [-0.15, -0.1) is 0 Å². The minimum absolute atomic E-state index is 0.104. The van der Waals surface area contributed by atoms with Gasteiger partial charge in [-0.3, -0.25) is 9.78 Å². The molecule has 1 amide bonds. The summed E-state index contributed by atoms with van der Waals surface area (Å²) in [6.07, 6.45) is 9.83. The molecule has 1 aliphatic carbocycles. The number of halogens is 1. The fourth-order valence-corrected chi connectivity index (χ4v) is 4.28. The van der Waals surface area contributed by atoms with Crippen LogP contribution in [0.4, 0.5) is 4.39 Å². The zero-order chi connectivity index (χ0) is 23.0. The van der Waals surface area contributed by atoms with E-state index in [2.05, 4.69) is 4.98 Å². The Bertz CT molecular complexity index is 1130. The number of carbonyl (C=O) groups is 2. The van der Waals surface area contributed by atoms with E-state index >= 15 is 0 Å². The number of benzene rings is 2. The van der Waals surface area contributed by atoms with Crippen molar-refractivity contribution in [1.29, 1.82) is 0 Å². The van der Waals surface area contributed by atoms with E-state index in [1.165, 1.54) is 18.2 Å². The van der Waals surface area contributed by atoms with Gasteiger partial charge in [-0.2, -0.15) is 0 Å². The second-order valence-corrected chi connectivity index (χ2v) is 8.30. The lowest BCUT2D eigenvalue weighted by molar-refractivity contribution is -0.150. The number of pyridine rings is 1. The number of rotatable bonds is 7. The number of para-hydroxylation sites is 1. The molecule has 0 N–H and O–H groups in total. The van der Waals surface area contributed by atoms with E-state index in [-0.39, 0.29) is 24.4 Å². The third-order valence-electron chi connectivity index (χ3n) is 6.00. The number of hydrogen-bond acceptors (Lipinski definition) is 4. The van der Waals surface area contributed by atoms with Gasteiger partial charge in [-0.25, -0.2) is 9.18 Å². The molecule has 6 heteroatoms. The molecule has 1 aliphatic rings. The Labute approximate surface area is 192 Å². The highest BCUT2D eigenvalue weighted by atomic mass is 19.1. The summed E-state index contributed by atoms with van der Waals surface area (Å²) in [6, 6.07) is 15.8. The SMILES string of the molecule is O=C(C=Cc1cccc2cccnc12)OCC(=O)N(Cc1ccc(F)cc1)C1CCCCC1. The number of nitrogens with zero attached hydrogens (tertiary/aromatic N) is 2. The lowest BCUT2D eigenvalue weighted by Crippen LogP contribution is -2.43. The molecule has 0 saturated heterocycles. The number of hydrogen-bond donors (Lipinski definition) is 0. The molecule has 3 aromatic rings. The summed E-state index contributed by atoms with van der Waals surface area (Å²) in [5.41, 5.74) is 2.45. The summed E-state index contributed by atoms with van der Waals surface area (Å²) in [6.45, 7) is 0.0491. The van der Waals surface area contributed by atoms with Gasteiger partial charge < -0.3 is 9.64 Å². The zero-order valence-corrected chi connectivity index (χ0v) is 18.5. The monoisotopic (exact) mass is 446 g/mol. The van der Waals surface area contributed by atoms with E-state index in [0.29, 0.717) is 6.54 Å². The van der Waals surface area contributed by atoms with Crippen LogP contribution in [0.25, 0.3) is 17.0 Å². The average Bonchev–Trinajstić information content (AvgIpc) is 2.86. The molecule has 1 heterocycles. The highest BCUT2D eigenvalue weighted by molar-refractivity contribution is 5.93. The van der Waals surface area contributed by atoms with Crippen LogP contribution in [-0.4, -0.2) is 34.4 Å². The molecule has 0 atom stereocenters. The Balaban J connectivity index is 1.40. The molecule has 0 radical (unpaired) electrons. The fourth-order valence-electron chi connectivity index (χ4n) is 4.28. The molecule has 1 aromatic heterocycles. The Morgan fingerprint density at radius 2 is 1.79 bits per heavy atom. The summed E-state index contributed by atoms with van der Waals surface area (Å²) < 4.78 is 18.5. The highest BCUT2D eigenvalue weighted by Crippen LogP contribution is 2.24. The maximum absolute atomic E-state index is 13.3. The Kier molecular flexibility index (Phi) is 7.45. The van der Waals surface area contributed by atoms with Crippen molar-refractivity contribution in [1.82, 2.24) is 9.88 Å². The van der Waals surface area contributed by atoms with Crippen molar-refractivity contribution in [2.75, 3.05) is 6.61 Å². The maximum Gasteiger partial charge on any atom is 0.331 e. The van der Waals surface area contributed by atoms with Gasteiger partial charge in [0, 0.05) is 35.8 Å². The highest BCUT2D eigenvalue weighted by Gasteiger charge is 2.26. The molecular formula is C27H27FN2O3. The van der Waals surface area contributed by atoms with Gasteiger partial charge in [0.2, 0.25) is 0 Å². The molecule has 170 valence electrons. The number of amides is 1. The fraction of sp³-hybridized carbons (Fsp3) is 0.296. The maximum atomic E-state index is 13.3. The number of esters is 1. The lowest BCUT2D eigenvalue weighted by atomic mass is 9.93. The summed E-state index contributed by atoms with van der Waals surface area (Å²) in [7, 11) is 0. The average molecular weight is 447 g/mol. The van der Waals surface area contributed by atoms with Crippen molar-refractivity contribution in [3.63, 3.8) is 0 Å². The minimum atomic E-state index is -0.582. The molecule has 33 heavy (non-hydrogen) atoms. The quantitative estimate of drug-likeness (QED) is 0.365. The van der Waals surface area contributed by atoms with Gasteiger partial charge >= 0.3 is 5.97 Å². The van der Waals surface area contributed by atoms with E-state index in [9.17, 15) is 14.0 Å². The number of carbonyl (C=O) groups excluding carboxylic acids is 2. The third-order valence-corrected chi connectivity index (χ3v) is 6.00. The van der Waals surface area contributed by atoms with Crippen molar-refractivity contribution in [3.05, 3.63) is 83.8 Å². The second kappa shape index (κ2) is 10.9. The molecular weight excluding hydrogens is 419 g/mol. The van der Waals surface area contributed by atoms with Gasteiger partial charge in [0.05, 0.1) is 5.52 Å². The number of fused-ring (bicyclic) bond motifs is 1. The van der Waals surface area contributed by atoms with E-state index in [1.807, 2.05) is 30.3 Å². The molecule has 0 aliphatic heterocycles. The van der Waals surface area contributed by atoms with E-state index in [1.54, 1.807) is 29.3 Å². The first-order valence-electron chi connectivity index (χ1n) is 11.3. The van der Waals surface area contributed by atoms with Crippen molar-refractivity contribution in [3.8, 4) is 0 Å². The van der Waals surface area contributed by atoms with E-state index in [0.717, 1.165) is 54.1 Å². The standard InChI is InChI=1S/C27H27FN2O3/c28-23-14-11-20(12-15-23)18-30(24-9-2-1-3-10-24)25(31)19-33-26(32)16-13-22-7-4-6-21-8-5-17-29-27(21)22/h4-8,11-17,24H,1-3,9-10,18-19H2. The predicted molar refractivity (Wildman–Crippen MR) is 126 cm³/mol. The van der Waals surface area contributed by atoms with Gasteiger partial charge in [-0.05, 0) is 42.7 Å². The molecule has 1 saturated carbocycles. The molecule has 0 spiro atoms. The summed E-state index contributed by atoms with van der Waals surface area (Å²) >= 11 is 0. The largest absolute Gasteiger partial charge is 0.452 e. The summed E-state index contributed by atoms with van der Waals surface area (Å²) in [5.74, 6) is -1.13. The molecule has 4 rings (SSSR count). The molecule has 5 nitrogen and oxygen atoms in total. The van der Waals surface area contributed by atoms with Crippen molar-refractivity contribution in [2.24, 2.45) is 0 Å². The first-order chi connectivity index (χ1) is 16.1. The van der Waals surface area contributed by atoms with Crippen LogP contribution in [0.15, 0.2) is 66.9 Å². The Morgan fingerprint density at radius 3 is 2.58 bits per heavy atom. The minimum Gasteiger partial charge on any atom is -0.452 e. The normalized spacial score (nSPS) is 14.5. The van der Waals surface area contributed by atoms with Gasteiger partial charge in [0.1, 0.15) is 5.82 Å². The smallest absolute Gasteiger partial charge is 0.331 e. The summed E-state index contributed by atoms with van der Waals surface area (Å²) in [4.78, 5) is 31.5. The predicted octanol–water partition coefficient (Wildman–Crippen LogP) is 5.29. The second-order valence-electron chi connectivity index (χ2n) is 8.30. The van der Waals surface area contributed by atoms with Gasteiger partial charge in [0.15, 0.2) is 6.61 Å². The van der Waals surface area contributed by atoms with Crippen LogP contribution in [0, 0.1) is 5.82 Å². The van der Waals surface area contributed by atoms with Crippen LogP contribution >= 0.6 is 0 Å². The zero-order valence-electron chi connectivity index (χ0n) is 18.5. The molecule has 0 bridgehead atoms. The Hall–Kier alpha value is -3.54. The summed E-state index contributed by atoms with van der Waals surface area (Å²) in [5, 5.41) is 0.979. The topological polar surface area (TPSA) is 59.5 Å². The van der Waals surface area contributed by atoms with Crippen molar-refractivity contribution in [2.45, 2.75) is 44.7 Å². The van der Waals surface area contributed by atoms with E-state index < -0.39 is 5.97 Å². The van der Waals surface area contributed by atoms with E-state index in [4.69, 9.17) is 4.74 Å². The molecule has 2 aromatic carbocycles. The van der Waals surface area contributed by atoms with Crippen LogP contribution in [0.2, 0.25) is 0 Å². The van der Waals surface area contributed by atoms with Crippen molar-refractivity contribution >= 4 is 28.9 Å². The number of ether oxygens (including phenoxy) is 1. The van der Waals surface area contributed by atoms with Crippen LogP contribution in [0.1, 0.15) is 43.2 Å². The Morgan fingerprint density at radius 1 is 1.03 bits per heavy atom. The third kappa shape index (κ3) is 6.04. The first kappa shape index (κ1) is 22.6. The van der Waals surface area contributed by atoms with Gasteiger partial charge in [-0.1, -0.05) is 55.7 Å². The van der Waals surface area contributed by atoms with Crippen LogP contribution in [-0.2, 0) is 20.9 Å². The van der Waals surface area contributed by atoms with Crippen molar-refractivity contribution < 1.29 is 18.7 Å². The van der Waals surface area contributed by atoms with Crippen LogP contribution in [0.3, 0.4) is 0 Å². The lowest BCUT2D eigenvalue weighted by Gasteiger charge is -2.34. The molecule has 0 unspecified atom stereocenters. The molecule has 1 fully saturated rings. The van der Waals surface area contributed by atoms with Crippen LogP contribution < -0.4 is 0 Å². The first-order valence-corrected chi connectivity index (χ1v) is 11.3. The van der Waals surface area contributed by atoms with Gasteiger partial charge in [0.25, 0.3) is 5.91 Å². The van der Waals surface area contributed by atoms with Crippen LogP contribution in [0.5, 0.6) is 0 Å².